The first kappa shape index (κ1) is 22.1. The van der Waals surface area contributed by atoms with Gasteiger partial charge in [0.25, 0.3) is 0 Å². The van der Waals surface area contributed by atoms with Gasteiger partial charge in [0.15, 0.2) is 0 Å². The molecular formula is C21H27ClN4O4. The van der Waals surface area contributed by atoms with Crippen LogP contribution in [0.15, 0.2) is 30.5 Å². The highest BCUT2D eigenvalue weighted by molar-refractivity contribution is 6.28. The van der Waals surface area contributed by atoms with Gasteiger partial charge in [-0.05, 0) is 62.9 Å². The van der Waals surface area contributed by atoms with E-state index in [2.05, 4.69) is 15.3 Å². The number of likely N-dealkylation sites (tertiary alicyclic amines) is 1. The molecule has 1 unspecified atom stereocenters. The van der Waals surface area contributed by atoms with Gasteiger partial charge in [0.1, 0.15) is 17.0 Å². The van der Waals surface area contributed by atoms with Crippen LogP contribution in [0, 0.1) is 0 Å². The molecular weight excluding hydrogens is 408 g/mol. The number of nitrogens with one attached hydrogen (secondary N) is 1. The van der Waals surface area contributed by atoms with E-state index in [1.165, 1.54) is 0 Å². The normalized spacial score (nSPS) is 16.4. The number of carbonyl (C=O) groups excluding carboxylic acids is 1. The zero-order chi connectivity index (χ0) is 21.7. The first-order chi connectivity index (χ1) is 14.2. The van der Waals surface area contributed by atoms with Gasteiger partial charge in [-0.2, -0.15) is 4.98 Å². The van der Waals surface area contributed by atoms with Gasteiger partial charge in [-0.3, -0.25) is 0 Å². The molecule has 2 aromatic rings. The molecule has 30 heavy (non-hydrogen) atoms. The lowest BCUT2D eigenvalue weighted by Gasteiger charge is -2.29. The standard InChI is InChI=1S/C21H27ClN4O4/c1-21(2,3)30-20(28)26-10-4-5-15(26)11-23-17-12-24-19(22)25-18(17)29-16-8-6-14(13-27)7-9-16/h6-9,12,15,23,27H,4-5,10-11,13H2,1-3H3. The molecule has 8 nitrogen and oxygen atoms in total. The number of carbonyl (C=O) groups is 1. The molecule has 2 N–H and O–H groups in total. The van der Waals surface area contributed by atoms with E-state index in [1.54, 1.807) is 35.4 Å². The molecule has 1 saturated heterocycles. The lowest BCUT2D eigenvalue weighted by molar-refractivity contribution is 0.0235. The number of halogens is 1. The molecule has 0 bridgehead atoms. The molecule has 2 heterocycles. The van der Waals surface area contributed by atoms with Gasteiger partial charge in [-0.1, -0.05) is 12.1 Å². The van der Waals surface area contributed by atoms with E-state index in [0.29, 0.717) is 24.5 Å². The van der Waals surface area contributed by atoms with E-state index < -0.39 is 5.60 Å². The van der Waals surface area contributed by atoms with E-state index in [4.69, 9.17) is 26.2 Å². The van der Waals surface area contributed by atoms with Crippen LogP contribution in [0.3, 0.4) is 0 Å². The Kier molecular flexibility index (Phi) is 6.99. The van der Waals surface area contributed by atoms with Crippen molar-refractivity contribution >= 4 is 23.4 Å². The van der Waals surface area contributed by atoms with E-state index in [9.17, 15) is 4.79 Å². The first-order valence-corrected chi connectivity index (χ1v) is 10.3. The van der Waals surface area contributed by atoms with Crippen molar-refractivity contribution in [3.63, 3.8) is 0 Å². The maximum Gasteiger partial charge on any atom is 0.410 e. The minimum atomic E-state index is -0.533. The molecule has 1 amide bonds. The van der Waals surface area contributed by atoms with Gasteiger partial charge >= 0.3 is 6.09 Å². The van der Waals surface area contributed by atoms with Crippen LogP contribution in [0.25, 0.3) is 0 Å². The van der Waals surface area contributed by atoms with Crippen molar-refractivity contribution in [2.75, 3.05) is 18.4 Å². The monoisotopic (exact) mass is 434 g/mol. The number of hydrogen-bond donors (Lipinski definition) is 2. The summed E-state index contributed by atoms with van der Waals surface area (Å²) in [7, 11) is 0. The van der Waals surface area contributed by atoms with E-state index in [-0.39, 0.29) is 29.9 Å². The molecule has 9 heteroatoms. The number of aliphatic hydroxyl groups excluding tert-OH is 1. The topological polar surface area (TPSA) is 96.8 Å². The summed E-state index contributed by atoms with van der Waals surface area (Å²) in [6, 6.07) is 7.01. The van der Waals surface area contributed by atoms with Crippen molar-refractivity contribution in [2.24, 2.45) is 0 Å². The third-order valence-electron chi connectivity index (χ3n) is 4.58. The van der Waals surface area contributed by atoms with Crippen LogP contribution in [-0.2, 0) is 11.3 Å². The Morgan fingerprint density at radius 3 is 2.73 bits per heavy atom. The average Bonchev–Trinajstić information content (AvgIpc) is 3.15. The fraction of sp³-hybridized carbons (Fsp3) is 0.476. The summed E-state index contributed by atoms with van der Waals surface area (Å²) >= 11 is 5.95. The molecule has 0 radical (unpaired) electrons. The van der Waals surface area contributed by atoms with Gasteiger partial charge in [0, 0.05) is 13.1 Å². The summed E-state index contributed by atoms with van der Waals surface area (Å²) in [6.07, 6.45) is 3.04. The van der Waals surface area contributed by atoms with Gasteiger partial charge in [-0.25, -0.2) is 9.78 Å². The van der Waals surface area contributed by atoms with Gasteiger partial charge in [0.2, 0.25) is 11.2 Å². The SMILES string of the molecule is CC(C)(C)OC(=O)N1CCCC1CNc1cnc(Cl)nc1Oc1ccc(CO)cc1. The largest absolute Gasteiger partial charge is 0.444 e. The summed E-state index contributed by atoms with van der Waals surface area (Å²) in [5.41, 5.74) is 0.820. The Balaban J connectivity index is 1.68. The van der Waals surface area contributed by atoms with Gasteiger partial charge in [0.05, 0.1) is 18.8 Å². The molecule has 1 aliphatic heterocycles. The van der Waals surface area contributed by atoms with Crippen LogP contribution in [-0.4, -0.2) is 50.8 Å². The molecule has 3 rings (SSSR count). The van der Waals surface area contributed by atoms with Crippen molar-refractivity contribution in [1.82, 2.24) is 14.9 Å². The molecule has 162 valence electrons. The summed E-state index contributed by atoms with van der Waals surface area (Å²) in [4.78, 5) is 22.4. The van der Waals surface area contributed by atoms with E-state index in [0.717, 1.165) is 18.4 Å². The van der Waals surface area contributed by atoms with Crippen LogP contribution in [0.2, 0.25) is 5.28 Å². The Labute approximate surface area is 181 Å². The number of rotatable bonds is 6. The maximum absolute atomic E-state index is 12.5. The number of aromatic nitrogens is 2. The predicted molar refractivity (Wildman–Crippen MR) is 114 cm³/mol. The second-order valence-corrected chi connectivity index (χ2v) is 8.45. The van der Waals surface area contributed by atoms with Crippen LogP contribution in [0.5, 0.6) is 11.6 Å². The molecule has 0 saturated carbocycles. The van der Waals surface area contributed by atoms with Crippen molar-refractivity contribution in [3.05, 3.63) is 41.3 Å². The molecule has 1 aromatic carbocycles. The number of amides is 1. The van der Waals surface area contributed by atoms with Crippen molar-refractivity contribution < 1.29 is 19.4 Å². The fourth-order valence-corrected chi connectivity index (χ4v) is 3.28. The van der Waals surface area contributed by atoms with E-state index in [1.807, 2.05) is 20.8 Å². The van der Waals surface area contributed by atoms with Crippen LogP contribution >= 0.6 is 11.6 Å². The second-order valence-electron chi connectivity index (χ2n) is 8.11. The zero-order valence-electron chi connectivity index (χ0n) is 17.4. The fourth-order valence-electron chi connectivity index (χ4n) is 3.16. The highest BCUT2D eigenvalue weighted by Gasteiger charge is 2.32. The number of ether oxygens (including phenoxy) is 2. The molecule has 1 atom stereocenters. The smallest absolute Gasteiger partial charge is 0.410 e. The van der Waals surface area contributed by atoms with Crippen LogP contribution in [0.4, 0.5) is 10.5 Å². The summed E-state index contributed by atoms with van der Waals surface area (Å²) < 4.78 is 11.4. The highest BCUT2D eigenvalue weighted by atomic mass is 35.5. The summed E-state index contributed by atoms with van der Waals surface area (Å²) in [6.45, 7) is 6.70. The van der Waals surface area contributed by atoms with Gasteiger partial charge < -0.3 is 24.8 Å². The molecule has 1 fully saturated rings. The number of aliphatic hydroxyl groups is 1. The number of anilines is 1. The first-order valence-electron chi connectivity index (χ1n) is 9.89. The molecule has 1 aromatic heterocycles. The number of benzene rings is 1. The van der Waals surface area contributed by atoms with Crippen LogP contribution < -0.4 is 10.1 Å². The Bertz CT molecular complexity index is 870. The van der Waals surface area contributed by atoms with E-state index >= 15 is 0 Å². The minimum Gasteiger partial charge on any atom is -0.444 e. The number of nitrogens with zero attached hydrogens (tertiary/aromatic N) is 3. The third-order valence-corrected chi connectivity index (χ3v) is 4.76. The summed E-state index contributed by atoms with van der Waals surface area (Å²) in [5.74, 6) is 0.842. The zero-order valence-corrected chi connectivity index (χ0v) is 18.1. The maximum atomic E-state index is 12.5. The third kappa shape index (κ3) is 5.96. The average molecular weight is 435 g/mol. The Hall–Kier alpha value is -2.58. The predicted octanol–water partition coefficient (Wildman–Crippen LogP) is 4.23. The Morgan fingerprint density at radius 2 is 2.07 bits per heavy atom. The molecule has 1 aliphatic rings. The van der Waals surface area contributed by atoms with Crippen molar-refractivity contribution in [2.45, 2.75) is 51.9 Å². The Morgan fingerprint density at radius 1 is 1.33 bits per heavy atom. The second kappa shape index (κ2) is 9.49. The van der Waals surface area contributed by atoms with Crippen molar-refractivity contribution in [1.29, 1.82) is 0 Å². The molecule has 0 spiro atoms. The summed E-state index contributed by atoms with van der Waals surface area (Å²) in [5, 5.41) is 12.5. The minimum absolute atomic E-state index is 0.00721. The van der Waals surface area contributed by atoms with Gasteiger partial charge in [-0.15, -0.1) is 0 Å². The highest BCUT2D eigenvalue weighted by Crippen LogP contribution is 2.29. The quantitative estimate of drug-likeness (QED) is 0.656. The lowest BCUT2D eigenvalue weighted by Crippen LogP contribution is -2.42. The molecule has 0 aliphatic carbocycles. The van der Waals surface area contributed by atoms with Crippen LogP contribution in [0.1, 0.15) is 39.2 Å². The number of hydrogen-bond acceptors (Lipinski definition) is 7. The van der Waals surface area contributed by atoms with Crippen molar-refractivity contribution in [3.8, 4) is 11.6 Å². The lowest BCUT2D eigenvalue weighted by atomic mass is 10.2.